The maximum absolute atomic E-state index is 14.3. The van der Waals surface area contributed by atoms with Crippen LogP contribution in [0.1, 0.15) is 37.3 Å². The number of carbonyl (C=O) groups excluding carboxylic acids is 1. The van der Waals surface area contributed by atoms with Crippen molar-refractivity contribution >= 4 is 11.6 Å². The SMILES string of the molecule is CCOc1cc2c(cc1OCC)C(c1ccccc1F)CC(=O)N2. The van der Waals surface area contributed by atoms with E-state index in [0.29, 0.717) is 36.0 Å². The summed E-state index contributed by atoms with van der Waals surface area (Å²) in [6.45, 7) is 4.76. The molecule has 4 nitrogen and oxygen atoms in total. The first-order valence-corrected chi connectivity index (χ1v) is 8.11. The molecule has 1 atom stereocenters. The summed E-state index contributed by atoms with van der Waals surface area (Å²) in [4.78, 5) is 12.1. The van der Waals surface area contributed by atoms with Crippen LogP contribution in [0.4, 0.5) is 10.1 Å². The molecule has 0 aliphatic carbocycles. The van der Waals surface area contributed by atoms with E-state index in [4.69, 9.17) is 9.47 Å². The van der Waals surface area contributed by atoms with E-state index < -0.39 is 0 Å². The monoisotopic (exact) mass is 329 g/mol. The fraction of sp³-hybridized carbons (Fsp3) is 0.316. The molecule has 0 saturated heterocycles. The number of fused-ring (bicyclic) bond motifs is 1. The van der Waals surface area contributed by atoms with Gasteiger partial charge in [-0.3, -0.25) is 4.79 Å². The third-order valence-electron chi connectivity index (χ3n) is 4.04. The zero-order valence-electron chi connectivity index (χ0n) is 13.8. The van der Waals surface area contributed by atoms with Crippen LogP contribution in [0.15, 0.2) is 36.4 Å². The van der Waals surface area contributed by atoms with Gasteiger partial charge in [-0.1, -0.05) is 18.2 Å². The molecule has 1 heterocycles. The Morgan fingerprint density at radius 3 is 2.42 bits per heavy atom. The van der Waals surface area contributed by atoms with Gasteiger partial charge in [0.25, 0.3) is 0 Å². The fourth-order valence-corrected chi connectivity index (χ4v) is 3.04. The highest BCUT2D eigenvalue weighted by Gasteiger charge is 2.30. The summed E-state index contributed by atoms with van der Waals surface area (Å²) in [5, 5.41) is 2.85. The van der Waals surface area contributed by atoms with Crippen LogP contribution in [0, 0.1) is 5.82 Å². The lowest BCUT2D eigenvalue weighted by Gasteiger charge is -2.27. The quantitative estimate of drug-likeness (QED) is 0.898. The van der Waals surface area contributed by atoms with Gasteiger partial charge < -0.3 is 14.8 Å². The summed E-state index contributed by atoms with van der Waals surface area (Å²) in [6.07, 6.45) is 0.202. The molecule has 2 aromatic carbocycles. The van der Waals surface area contributed by atoms with Crippen molar-refractivity contribution in [2.45, 2.75) is 26.2 Å². The van der Waals surface area contributed by atoms with Crippen molar-refractivity contribution in [3.8, 4) is 11.5 Å². The van der Waals surface area contributed by atoms with E-state index >= 15 is 0 Å². The molecule has 24 heavy (non-hydrogen) atoms. The zero-order valence-corrected chi connectivity index (χ0v) is 13.8. The fourth-order valence-electron chi connectivity index (χ4n) is 3.04. The molecule has 0 spiro atoms. The Morgan fingerprint density at radius 1 is 1.08 bits per heavy atom. The molecule has 0 saturated carbocycles. The van der Waals surface area contributed by atoms with Gasteiger partial charge in [-0.25, -0.2) is 4.39 Å². The lowest BCUT2D eigenvalue weighted by Crippen LogP contribution is -2.24. The van der Waals surface area contributed by atoms with Crippen LogP contribution in [0.2, 0.25) is 0 Å². The number of hydrogen-bond acceptors (Lipinski definition) is 3. The Labute approximate surface area is 140 Å². The van der Waals surface area contributed by atoms with Crippen LogP contribution >= 0.6 is 0 Å². The highest BCUT2D eigenvalue weighted by molar-refractivity contribution is 5.96. The number of benzene rings is 2. The first kappa shape index (κ1) is 16.3. The van der Waals surface area contributed by atoms with E-state index in [1.807, 2.05) is 19.9 Å². The molecule has 0 aromatic heterocycles. The summed E-state index contributed by atoms with van der Waals surface area (Å²) < 4.78 is 25.5. The van der Waals surface area contributed by atoms with Crippen LogP contribution in [-0.4, -0.2) is 19.1 Å². The summed E-state index contributed by atoms with van der Waals surface area (Å²) in [5.41, 5.74) is 2.00. The summed E-state index contributed by atoms with van der Waals surface area (Å²) in [7, 11) is 0. The number of carbonyl (C=O) groups is 1. The summed E-state index contributed by atoms with van der Waals surface area (Å²) in [5.74, 6) is 0.394. The molecule has 2 aromatic rings. The Kier molecular flexibility index (Phi) is 4.69. The number of halogens is 1. The maximum atomic E-state index is 14.3. The molecule has 0 bridgehead atoms. The topological polar surface area (TPSA) is 47.6 Å². The molecule has 3 rings (SSSR count). The Morgan fingerprint density at radius 2 is 1.75 bits per heavy atom. The molecule has 1 aliphatic rings. The molecule has 1 aliphatic heterocycles. The van der Waals surface area contributed by atoms with Gasteiger partial charge in [0.05, 0.1) is 13.2 Å². The van der Waals surface area contributed by atoms with Crippen LogP contribution in [-0.2, 0) is 4.79 Å². The summed E-state index contributed by atoms with van der Waals surface area (Å²) >= 11 is 0. The second-order valence-corrected chi connectivity index (χ2v) is 5.58. The van der Waals surface area contributed by atoms with Gasteiger partial charge >= 0.3 is 0 Å². The van der Waals surface area contributed by atoms with Crippen LogP contribution in [0.25, 0.3) is 0 Å². The predicted octanol–water partition coefficient (Wildman–Crippen LogP) is 4.10. The number of nitrogens with one attached hydrogen (secondary N) is 1. The standard InChI is InChI=1S/C19H20FNO3/c1-3-23-17-9-14-13(12-7-5-6-8-15(12)20)10-19(22)21-16(14)11-18(17)24-4-2/h5-9,11,13H,3-4,10H2,1-2H3,(H,21,22). The second kappa shape index (κ2) is 6.91. The van der Waals surface area contributed by atoms with E-state index in [9.17, 15) is 9.18 Å². The van der Waals surface area contributed by atoms with Crippen LogP contribution in [0.3, 0.4) is 0 Å². The van der Waals surface area contributed by atoms with Crippen molar-refractivity contribution in [3.05, 3.63) is 53.3 Å². The molecule has 0 fully saturated rings. The van der Waals surface area contributed by atoms with Crippen molar-refractivity contribution in [2.75, 3.05) is 18.5 Å². The highest BCUT2D eigenvalue weighted by atomic mass is 19.1. The highest BCUT2D eigenvalue weighted by Crippen LogP contribution is 2.43. The first-order valence-electron chi connectivity index (χ1n) is 8.11. The normalized spacial score (nSPS) is 16.3. The third-order valence-corrected chi connectivity index (χ3v) is 4.04. The van der Waals surface area contributed by atoms with E-state index in [1.165, 1.54) is 6.07 Å². The predicted molar refractivity (Wildman–Crippen MR) is 90.3 cm³/mol. The first-order chi connectivity index (χ1) is 11.6. The van der Waals surface area contributed by atoms with E-state index in [-0.39, 0.29) is 24.1 Å². The molecule has 0 radical (unpaired) electrons. The van der Waals surface area contributed by atoms with Crippen LogP contribution < -0.4 is 14.8 Å². The van der Waals surface area contributed by atoms with Crippen molar-refractivity contribution < 1.29 is 18.7 Å². The number of ether oxygens (including phenoxy) is 2. The van der Waals surface area contributed by atoms with Gasteiger partial charge in [0.15, 0.2) is 11.5 Å². The van der Waals surface area contributed by atoms with Gasteiger partial charge in [0.1, 0.15) is 5.82 Å². The van der Waals surface area contributed by atoms with Gasteiger partial charge in [-0.05, 0) is 37.1 Å². The van der Waals surface area contributed by atoms with Gasteiger partial charge in [-0.2, -0.15) is 0 Å². The lowest BCUT2D eigenvalue weighted by atomic mass is 9.84. The van der Waals surface area contributed by atoms with Crippen molar-refractivity contribution in [1.82, 2.24) is 0 Å². The smallest absolute Gasteiger partial charge is 0.225 e. The van der Waals surface area contributed by atoms with E-state index in [2.05, 4.69) is 5.32 Å². The Bertz CT molecular complexity index is 760. The third kappa shape index (κ3) is 3.07. The molecule has 5 heteroatoms. The number of amides is 1. The molecule has 1 unspecified atom stereocenters. The number of anilines is 1. The van der Waals surface area contributed by atoms with E-state index in [1.54, 1.807) is 24.3 Å². The largest absolute Gasteiger partial charge is 0.490 e. The van der Waals surface area contributed by atoms with Gasteiger partial charge in [0.2, 0.25) is 5.91 Å². The van der Waals surface area contributed by atoms with Crippen molar-refractivity contribution in [2.24, 2.45) is 0 Å². The minimum absolute atomic E-state index is 0.137. The average Bonchev–Trinajstić information content (AvgIpc) is 2.56. The Balaban J connectivity index is 2.12. The minimum atomic E-state index is -0.343. The Hall–Kier alpha value is -2.56. The van der Waals surface area contributed by atoms with Crippen molar-refractivity contribution in [3.63, 3.8) is 0 Å². The molecule has 1 amide bonds. The molecule has 1 N–H and O–H groups in total. The maximum Gasteiger partial charge on any atom is 0.225 e. The van der Waals surface area contributed by atoms with Gasteiger partial charge in [0, 0.05) is 24.1 Å². The lowest BCUT2D eigenvalue weighted by molar-refractivity contribution is -0.116. The number of rotatable bonds is 5. The van der Waals surface area contributed by atoms with Crippen molar-refractivity contribution in [1.29, 1.82) is 0 Å². The molecular weight excluding hydrogens is 309 g/mol. The van der Waals surface area contributed by atoms with Crippen LogP contribution in [0.5, 0.6) is 11.5 Å². The summed E-state index contributed by atoms with van der Waals surface area (Å²) in [6, 6.07) is 10.2. The zero-order chi connectivity index (χ0) is 17.1. The van der Waals surface area contributed by atoms with Gasteiger partial charge in [-0.15, -0.1) is 0 Å². The molecular formula is C19H20FNO3. The number of hydrogen-bond donors (Lipinski definition) is 1. The second-order valence-electron chi connectivity index (χ2n) is 5.58. The molecule has 126 valence electrons. The average molecular weight is 329 g/mol. The minimum Gasteiger partial charge on any atom is -0.490 e. The van der Waals surface area contributed by atoms with E-state index in [0.717, 1.165) is 5.56 Å².